The molecule has 7 nitrogen and oxygen atoms in total. The van der Waals surface area contributed by atoms with E-state index in [9.17, 15) is 32.9 Å². The van der Waals surface area contributed by atoms with Gasteiger partial charge in [-0.05, 0) is 34.1 Å². The lowest BCUT2D eigenvalue weighted by molar-refractivity contribution is -0.385. The number of nitrogens with one attached hydrogen (secondary N) is 1. The van der Waals surface area contributed by atoms with Crippen LogP contribution in [0.5, 0.6) is 5.75 Å². The second-order valence-electron chi connectivity index (χ2n) is 5.24. The van der Waals surface area contributed by atoms with Crippen LogP contribution in [-0.4, -0.2) is 22.7 Å². The summed E-state index contributed by atoms with van der Waals surface area (Å²) in [5, 5.41) is 13.0. The van der Waals surface area contributed by atoms with E-state index in [1.165, 1.54) is 0 Å². The van der Waals surface area contributed by atoms with Crippen LogP contribution in [0.25, 0.3) is 0 Å². The van der Waals surface area contributed by atoms with Crippen LogP contribution in [0.2, 0.25) is 5.02 Å². The van der Waals surface area contributed by atoms with Crippen molar-refractivity contribution in [2.75, 3.05) is 5.32 Å². The zero-order valence-corrected chi connectivity index (χ0v) is 15.0. The third-order valence-electron chi connectivity index (χ3n) is 3.55. The number of nitro benzene ring substituents is 1. The van der Waals surface area contributed by atoms with Crippen molar-refractivity contribution in [3.05, 3.63) is 60.8 Å². The molecule has 1 aliphatic heterocycles. The van der Waals surface area contributed by atoms with Gasteiger partial charge in [0.2, 0.25) is 5.78 Å². The number of nitrogens with zero attached hydrogens (tertiary/aromatic N) is 1. The van der Waals surface area contributed by atoms with Gasteiger partial charge in [0.05, 0.1) is 26.2 Å². The number of nitro groups is 1. The third kappa shape index (κ3) is 3.23. The van der Waals surface area contributed by atoms with Crippen LogP contribution < -0.4 is 10.1 Å². The molecule has 0 fully saturated rings. The molecule has 0 spiro atoms. The van der Waals surface area contributed by atoms with E-state index in [1.807, 2.05) is 5.32 Å². The van der Waals surface area contributed by atoms with Crippen molar-refractivity contribution >= 4 is 50.6 Å². The van der Waals surface area contributed by atoms with Crippen molar-refractivity contribution in [2.24, 2.45) is 0 Å². The molecule has 0 atom stereocenters. The number of anilines is 1. The average molecular weight is 466 g/mol. The normalized spacial score (nSPS) is 14.8. The summed E-state index contributed by atoms with van der Waals surface area (Å²) < 4.78 is 44.1. The van der Waals surface area contributed by atoms with Crippen molar-refractivity contribution in [3.8, 4) is 5.75 Å². The Balaban J connectivity index is 2.26. The minimum Gasteiger partial charge on any atom is -0.423 e. The number of benzene rings is 2. The Bertz CT molecular complexity index is 1030. The quantitative estimate of drug-likeness (QED) is 0.414. The highest BCUT2D eigenvalue weighted by Gasteiger charge is 2.48. The van der Waals surface area contributed by atoms with Crippen LogP contribution in [0.1, 0.15) is 15.9 Å². The summed E-state index contributed by atoms with van der Waals surface area (Å²) in [5.41, 5.74) is -2.33. The van der Waals surface area contributed by atoms with E-state index >= 15 is 0 Å². The SMILES string of the molecule is O=C(c1cc(F)ccc1Cl)c1c([N+](=O)[O-])cc2c(c1Br)NC(=O)C(F)(F)O2. The number of halogens is 5. The standard InChI is InChI=1S/C15H5BrClF3N2O5/c16-11-10(13(23)6-3-5(18)1-2-7(6)17)8(22(25)26)4-9-12(11)21-14(24)15(19,20)27-9/h1-4H,(H,21,24). The van der Waals surface area contributed by atoms with E-state index in [-0.39, 0.29) is 9.50 Å². The molecule has 1 amide bonds. The highest BCUT2D eigenvalue weighted by atomic mass is 79.9. The molecular formula is C15H5BrClF3N2O5. The molecule has 1 aliphatic rings. The third-order valence-corrected chi connectivity index (χ3v) is 4.67. The van der Waals surface area contributed by atoms with Crippen molar-refractivity contribution in [1.29, 1.82) is 0 Å². The van der Waals surface area contributed by atoms with E-state index < -0.39 is 56.8 Å². The monoisotopic (exact) mass is 464 g/mol. The smallest absolute Gasteiger partial charge is 0.423 e. The first-order valence-electron chi connectivity index (χ1n) is 6.92. The Morgan fingerprint density at radius 2 is 2.00 bits per heavy atom. The molecule has 0 aliphatic carbocycles. The Labute approximate surface area is 161 Å². The number of fused-ring (bicyclic) bond motifs is 1. The first kappa shape index (κ1) is 19.1. The summed E-state index contributed by atoms with van der Waals surface area (Å²) in [7, 11) is 0. The molecule has 0 aromatic heterocycles. The van der Waals surface area contributed by atoms with Gasteiger partial charge in [-0.3, -0.25) is 19.7 Å². The van der Waals surface area contributed by atoms with Crippen LogP contribution in [0.15, 0.2) is 28.7 Å². The largest absolute Gasteiger partial charge is 0.482 e. The summed E-state index contributed by atoms with van der Waals surface area (Å²) in [6.07, 6.45) is -4.25. The molecule has 0 bridgehead atoms. The van der Waals surface area contributed by atoms with Crippen LogP contribution in [0.4, 0.5) is 24.5 Å². The van der Waals surface area contributed by atoms with E-state index in [0.29, 0.717) is 6.07 Å². The molecule has 0 radical (unpaired) electrons. The minimum atomic E-state index is -4.25. The predicted molar refractivity (Wildman–Crippen MR) is 89.8 cm³/mol. The summed E-state index contributed by atoms with van der Waals surface area (Å²) in [4.78, 5) is 34.5. The highest BCUT2D eigenvalue weighted by Crippen LogP contribution is 2.46. The number of alkyl halides is 2. The molecule has 0 saturated carbocycles. The maximum atomic E-state index is 13.5. The minimum absolute atomic E-state index is 0.188. The average Bonchev–Trinajstić information content (AvgIpc) is 2.57. The zero-order valence-electron chi connectivity index (χ0n) is 12.7. The number of rotatable bonds is 3. The second kappa shape index (κ2) is 6.50. The van der Waals surface area contributed by atoms with Crippen LogP contribution in [-0.2, 0) is 4.79 Å². The number of hydrogen-bond acceptors (Lipinski definition) is 5. The lowest BCUT2D eigenvalue weighted by Gasteiger charge is -2.26. The number of ketones is 1. The molecular weight excluding hydrogens is 461 g/mol. The first-order chi connectivity index (χ1) is 12.5. The van der Waals surface area contributed by atoms with Gasteiger partial charge in [0, 0.05) is 5.56 Å². The highest BCUT2D eigenvalue weighted by molar-refractivity contribution is 9.10. The lowest BCUT2D eigenvalue weighted by atomic mass is 10.00. The van der Waals surface area contributed by atoms with Gasteiger partial charge in [0.25, 0.3) is 5.69 Å². The van der Waals surface area contributed by atoms with Gasteiger partial charge >= 0.3 is 12.0 Å². The van der Waals surface area contributed by atoms with Crippen LogP contribution in [0.3, 0.4) is 0 Å². The van der Waals surface area contributed by atoms with Crippen molar-refractivity contribution in [3.63, 3.8) is 0 Å². The molecule has 1 N–H and O–H groups in total. The summed E-state index contributed by atoms with van der Waals surface area (Å²) in [6.45, 7) is 0. The number of carbonyl (C=O) groups is 2. The molecule has 1 heterocycles. The number of hydrogen-bond donors (Lipinski definition) is 1. The van der Waals surface area contributed by atoms with Crippen LogP contribution >= 0.6 is 27.5 Å². The van der Waals surface area contributed by atoms with Gasteiger partial charge < -0.3 is 10.1 Å². The van der Waals surface area contributed by atoms with E-state index in [0.717, 1.165) is 18.2 Å². The summed E-state index contributed by atoms with van der Waals surface area (Å²) >= 11 is 8.75. The molecule has 27 heavy (non-hydrogen) atoms. The summed E-state index contributed by atoms with van der Waals surface area (Å²) in [5.74, 6) is -4.44. The second-order valence-corrected chi connectivity index (χ2v) is 6.44. The fourth-order valence-electron chi connectivity index (χ4n) is 2.35. The maximum absolute atomic E-state index is 13.5. The molecule has 3 rings (SSSR count). The first-order valence-corrected chi connectivity index (χ1v) is 8.09. The Morgan fingerprint density at radius 3 is 2.63 bits per heavy atom. The predicted octanol–water partition coefficient (Wildman–Crippen LogP) is 4.30. The van der Waals surface area contributed by atoms with Gasteiger partial charge in [-0.25, -0.2) is 4.39 Å². The fourth-order valence-corrected chi connectivity index (χ4v) is 3.23. The topological polar surface area (TPSA) is 98.5 Å². The molecule has 0 unspecified atom stereocenters. The Hall–Kier alpha value is -2.66. The van der Waals surface area contributed by atoms with Gasteiger partial charge in [0.15, 0.2) is 5.75 Å². The van der Waals surface area contributed by atoms with Gasteiger partial charge in [-0.2, -0.15) is 8.78 Å². The molecule has 140 valence electrons. The number of ether oxygens (including phenoxy) is 1. The van der Waals surface area contributed by atoms with E-state index in [1.54, 1.807) is 0 Å². The molecule has 2 aromatic carbocycles. The lowest BCUT2D eigenvalue weighted by Crippen LogP contribution is -2.43. The number of carbonyl (C=O) groups excluding carboxylic acids is 2. The van der Waals surface area contributed by atoms with E-state index in [2.05, 4.69) is 20.7 Å². The zero-order chi connectivity index (χ0) is 20.1. The van der Waals surface area contributed by atoms with Gasteiger partial charge in [0.1, 0.15) is 11.4 Å². The molecule has 2 aromatic rings. The van der Waals surface area contributed by atoms with Gasteiger partial charge in [-0.15, -0.1) is 0 Å². The fraction of sp³-hybridized carbons (Fsp3) is 0.0667. The van der Waals surface area contributed by atoms with Crippen molar-refractivity contribution in [2.45, 2.75) is 6.11 Å². The van der Waals surface area contributed by atoms with Crippen LogP contribution in [0, 0.1) is 15.9 Å². The Morgan fingerprint density at radius 1 is 1.33 bits per heavy atom. The van der Waals surface area contributed by atoms with Crippen molar-refractivity contribution in [1.82, 2.24) is 0 Å². The van der Waals surface area contributed by atoms with Crippen molar-refractivity contribution < 1.29 is 32.4 Å². The Kier molecular flexibility index (Phi) is 4.60. The maximum Gasteiger partial charge on any atom is 0.482 e. The molecule has 0 saturated heterocycles. The summed E-state index contributed by atoms with van der Waals surface area (Å²) in [6, 6.07) is 3.39. The number of amides is 1. The van der Waals surface area contributed by atoms with Gasteiger partial charge in [-0.1, -0.05) is 11.6 Å². The molecule has 12 heteroatoms. The van der Waals surface area contributed by atoms with E-state index in [4.69, 9.17) is 11.6 Å².